The van der Waals surface area contributed by atoms with Crippen LogP contribution in [0, 0.1) is 0 Å². The third-order valence-corrected chi connectivity index (χ3v) is 5.60. The van der Waals surface area contributed by atoms with Gasteiger partial charge >= 0.3 is 10.1 Å². The molecule has 0 unspecified atom stereocenters. The van der Waals surface area contributed by atoms with Crippen LogP contribution in [0.1, 0.15) is 35.7 Å². The van der Waals surface area contributed by atoms with Crippen LogP contribution in [-0.2, 0) is 16.7 Å². The Hall–Kier alpha value is -2.05. The maximum atomic E-state index is 12.8. The Kier molecular flexibility index (Phi) is 5.53. The van der Waals surface area contributed by atoms with E-state index in [-0.39, 0.29) is 23.5 Å². The van der Waals surface area contributed by atoms with Crippen LogP contribution in [0.25, 0.3) is 0 Å². The van der Waals surface area contributed by atoms with E-state index in [0.29, 0.717) is 17.1 Å². The van der Waals surface area contributed by atoms with Crippen molar-refractivity contribution in [2.75, 3.05) is 5.75 Å². The minimum Gasteiger partial charge on any atom is -0.382 e. The van der Waals surface area contributed by atoms with Gasteiger partial charge in [0.2, 0.25) is 0 Å². The average molecular weight is 394 g/mol. The summed E-state index contributed by atoms with van der Waals surface area (Å²) in [6.07, 6.45) is 1.99. The van der Waals surface area contributed by atoms with Gasteiger partial charge in [-0.25, -0.2) is 0 Å². The highest BCUT2D eigenvalue weighted by atomic mass is 35.5. The summed E-state index contributed by atoms with van der Waals surface area (Å²) >= 11 is 5.89. The summed E-state index contributed by atoms with van der Waals surface area (Å²) in [5, 5.41) is 0.595. The Bertz CT molecular complexity index is 875. The van der Waals surface area contributed by atoms with E-state index < -0.39 is 10.1 Å². The zero-order valence-corrected chi connectivity index (χ0v) is 16.0. The number of halogens is 1. The van der Waals surface area contributed by atoms with Crippen molar-refractivity contribution in [3.8, 4) is 5.75 Å². The third-order valence-electron chi connectivity index (χ3n) is 4.19. The fraction of sp³-hybridized carbons (Fsp3) is 0.316. The van der Waals surface area contributed by atoms with Gasteiger partial charge in [0, 0.05) is 23.2 Å². The second kappa shape index (κ2) is 7.68. The van der Waals surface area contributed by atoms with Crippen LogP contribution in [0.15, 0.2) is 48.5 Å². The van der Waals surface area contributed by atoms with Gasteiger partial charge in [-0.1, -0.05) is 23.7 Å². The van der Waals surface area contributed by atoms with Crippen LogP contribution < -0.4 is 4.18 Å². The Labute approximate surface area is 158 Å². The summed E-state index contributed by atoms with van der Waals surface area (Å²) in [5.41, 5.74) is 1.52. The van der Waals surface area contributed by atoms with Crippen molar-refractivity contribution in [2.45, 2.75) is 32.4 Å². The number of carbonyl (C=O) groups is 1. The molecule has 5 nitrogen and oxygen atoms in total. The van der Waals surface area contributed by atoms with E-state index in [1.807, 2.05) is 4.90 Å². The number of hydrogen-bond acceptors (Lipinski definition) is 4. The Morgan fingerprint density at radius 2 is 1.73 bits per heavy atom. The molecule has 0 saturated heterocycles. The first-order valence-electron chi connectivity index (χ1n) is 8.45. The lowest BCUT2D eigenvalue weighted by atomic mass is 10.1. The van der Waals surface area contributed by atoms with Crippen LogP contribution in [-0.4, -0.2) is 31.0 Å². The van der Waals surface area contributed by atoms with Gasteiger partial charge in [0.05, 0.1) is 5.75 Å². The van der Waals surface area contributed by atoms with Gasteiger partial charge in [-0.05, 0) is 61.7 Å². The molecule has 1 aliphatic carbocycles. The van der Waals surface area contributed by atoms with Crippen LogP contribution >= 0.6 is 11.6 Å². The molecule has 1 fully saturated rings. The van der Waals surface area contributed by atoms with Crippen molar-refractivity contribution < 1.29 is 17.4 Å². The summed E-state index contributed by atoms with van der Waals surface area (Å²) in [6.45, 7) is 1.99. The summed E-state index contributed by atoms with van der Waals surface area (Å²) < 4.78 is 28.0. The van der Waals surface area contributed by atoms with Gasteiger partial charge in [0.1, 0.15) is 5.75 Å². The zero-order valence-electron chi connectivity index (χ0n) is 14.4. The maximum Gasteiger partial charge on any atom is 0.308 e. The first-order valence-corrected chi connectivity index (χ1v) is 10.4. The molecular weight excluding hydrogens is 374 g/mol. The highest BCUT2D eigenvalue weighted by Gasteiger charge is 2.33. The molecule has 1 amide bonds. The Morgan fingerprint density at radius 1 is 1.12 bits per heavy atom. The van der Waals surface area contributed by atoms with Crippen molar-refractivity contribution >= 4 is 27.6 Å². The smallest absolute Gasteiger partial charge is 0.308 e. The predicted molar refractivity (Wildman–Crippen MR) is 101 cm³/mol. The van der Waals surface area contributed by atoms with Gasteiger partial charge < -0.3 is 9.08 Å². The van der Waals surface area contributed by atoms with E-state index in [1.165, 1.54) is 6.92 Å². The first-order chi connectivity index (χ1) is 12.4. The first kappa shape index (κ1) is 18.7. The molecule has 2 aromatic rings. The molecule has 0 atom stereocenters. The molecule has 138 valence electrons. The molecule has 0 bridgehead atoms. The third kappa shape index (κ3) is 4.77. The molecule has 7 heteroatoms. The number of carbonyl (C=O) groups excluding carboxylic acids is 1. The number of nitrogens with zero attached hydrogens (tertiary/aromatic N) is 1. The van der Waals surface area contributed by atoms with E-state index in [4.69, 9.17) is 15.8 Å². The lowest BCUT2D eigenvalue weighted by molar-refractivity contribution is 0.0730. The van der Waals surface area contributed by atoms with E-state index in [9.17, 15) is 13.2 Å². The average Bonchev–Trinajstić information content (AvgIpc) is 3.46. The lowest BCUT2D eigenvalue weighted by Crippen LogP contribution is -2.32. The van der Waals surface area contributed by atoms with Gasteiger partial charge in [0.25, 0.3) is 5.91 Å². The van der Waals surface area contributed by atoms with Gasteiger partial charge in [-0.15, -0.1) is 0 Å². The van der Waals surface area contributed by atoms with Crippen molar-refractivity contribution in [3.63, 3.8) is 0 Å². The number of amides is 1. The largest absolute Gasteiger partial charge is 0.382 e. The second-order valence-electron chi connectivity index (χ2n) is 6.24. The molecule has 0 aromatic heterocycles. The van der Waals surface area contributed by atoms with Gasteiger partial charge in [-0.2, -0.15) is 8.42 Å². The molecule has 0 heterocycles. The molecule has 0 radical (unpaired) electrons. The molecular formula is C19H20ClNO4S. The lowest BCUT2D eigenvalue weighted by Gasteiger charge is -2.23. The second-order valence-corrected chi connectivity index (χ2v) is 8.54. The van der Waals surface area contributed by atoms with Crippen molar-refractivity contribution in [1.29, 1.82) is 0 Å². The standard InChI is InChI=1S/C19H20ClNO4S/c1-2-26(23,24)25-18-11-3-14(4-12-18)13-21(17-9-10-17)19(22)15-5-7-16(20)8-6-15/h3-8,11-12,17H,2,9-10,13H2,1H3. The van der Waals surface area contributed by atoms with E-state index in [1.54, 1.807) is 48.5 Å². The molecule has 3 rings (SSSR count). The van der Waals surface area contributed by atoms with Crippen LogP contribution in [0.2, 0.25) is 5.02 Å². The van der Waals surface area contributed by atoms with Crippen molar-refractivity contribution in [1.82, 2.24) is 4.90 Å². The topological polar surface area (TPSA) is 63.7 Å². The molecule has 1 saturated carbocycles. The number of rotatable bonds is 7. The number of hydrogen-bond donors (Lipinski definition) is 0. The molecule has 0 spiro atoms. The highest BCUT2D eigenvalue weighted by molar-refractivity contribution is 7.87. The minimum atomic E-state index is -3.54. The Morgan fingerprint density at radius 3 is 2.27 bits per heavy atom. The van der Waals surface area contributed by atoms with Crippen LogP contribution in [0.4, 0.5) is 0 Å². The monoisotopic (exact) mass is 393 g/mol. The zero-order chi connectivity index (χ0) is 18.7. The van der Waals surface area contributed by atoms with E-state index >= 15 is 0 Å². The fourth-order valence-corrected chi connectivity index (χ4v) is 3.21. The molecule has 0 N–H and O–H groups in total. The van der Waals surface area contributed by atoms with Crippen molar-refractivity contribution in [2.24, 2.45) is 0 Å². The summed E-state index contributed by atoms with van der Waals surface area (Å²) in [4.78, 5) is 14.7. The van der Waals surface area contributed by atoms with Crippen LogP contribution in [0.5, 0.6) is 5.75 Å². The number of benzene rings is 2. The molecule has 0 aliphatic heterocycles. The van der Waals surface area contributed by atoms with Gasteiger partial charge in [0.15, 0.2) is 0 Å². The SMILES string of the molecule is CCS(=O)(=O)Oc1ccc(CN(C(=O)c2ccc(Cl)cc2)C2CC2)cc1. The molecule has 1 aliphatic rings. The highest BCUT2D eigenvalue weighted by Crippen LogP contribution is 2.30. The molecule has 26 heavy (non-hydrogen) atoms. The minimum absolute atomic E-state index is 0.0296. The maximum absolute atomic E-state index is 12.8. The van der Waals surface area contributed by atoms with Crippen molar-refractivity contribution in [3.05, 3.63) is 64.7 Å². The predicted octanol–water partition coefficient (Wildman–Crippen LogP) is 3.87. The quantitative estimate of drug-likeness (QED) is 0.670. The summed E-state index contributed by atoms with van der Waals surface area (Å²) in [5.74, 6) is 0.162. The Balaban J connectivity index is 1.72. The summed E-state index contributed by atoms with van der Waals surface area (Å²) in [6, 6.07) is 13.9. The molecule has 2 aromatic carbocycles. The van der Waals surface area contributed by atoms with Gasteiger partial charge in [-0.3, -0.25) is 4.79 Å². The van der Waals surface area contributed by atoms with E-state index in [0.717, 1.165) is 18.4 Å². The van der Waals surface area contributed by atoms with E-state index in [2.05, 4.69) is 0 Å². The fourth-order valence-electron chi connectivity index (χ4n) is 2.56. The summed E-state index contributed by atoms with van der Waals surface area (Å²) in [7, 11) is -3.54. The van der Waals surface area contributed by atoms with Crippen LogP contribution in [0.3, 0.4) is 0 Å². The normalized spacial score (nSPS) is 14.1.